The van der Waals surface area contributed by atoms with E-state index in [1.807, 2.05) is 0 Å². The first-order valence-corrected chi connectivity index (χ1v) is 11.7. The topological polar surface area (TPSA) is 55.5 Å². The van der Waals surface area contributed by atoms with Gasteiger partial charge in [-0.15, -0.1) is 0 Å². The van der Waals surface area contributed by atoms with E-state index in [0.29, 0.717) is 12.3 Å². The van der Waals surface area contributed by atoms with Crippen LogP contribution < -0.4 is 10.5 Å². The summed E-state index contributed by atoms with van der Waals surface area (Å²) in [6, 6.07) is 8.53. The van der Waals surface area contributed by atoms with Gasteiger partial charge in [0.2, 0.25) is 0 Å². The first-order chi connectivity index (χ1) is 14.3. The van der Waals surface area contributed by atoms with E-state index in [1.54, 1.807) is 0 Å². The lowest BCUT2D eigenvalue weighted by Crippen LogP contribution is -2.37. The van der Waals surface area contributed by atoms with Crippen LogP contribution in [0.5, 0.6) is 11.5 Å². The van der Waals surface area contributed by atoms with E-state index in [2.05, 4.69) is 107 Å². The van der Waals surface area contributed by atoms with Gasteiger partial charge < -0.3 is 15.6 Å². The van der Waals surface area contributed by atoms with Crippen molar-refractivity contribution in [1.29, 1.82) is 0 Å². The highest BCUT2D eigenvalue weighted by Gasteiger charge is 2.40. The van der Waals surface area contributed by atoms with Crippen LogP contribution in [-0.2, 0) is 28.4 Å². The van der Waals surface area contributed by atoms with E-state index in [1.165, 1.54) is 22.3 Å². The maximum Gasteiger partial charge on any atom is 0.132 e. The van der Waals surface area contributed by atoms with Crippen LogP contribution in [0, 0.1) is 6.92 Å². The molecule has 3 N–H and O–H groups in total. The Morgan fingerprint density at radius 1 is 0.781 bits per heavy atom. The Kier molecular flexibility index (Phi) is 6.90. The maximum absolute atomic E-state index is 10.4. The van der Waals surface area contributed by atoms with Crippen LogP contribution in [0.1, 0.15) is 110 Å². The largest absolute Gasteiger partial charge is 0.507 e. The van der Waals surface area contributed by atoms with Crippen LogP contribution >= 0.6 is 0 Å². The van der Waals surface area contributed by atoms with Crippen LogP contribution in [-0.4, -0.2) is 5.11 Å². The van der Waals surface area contributed by atoms with Crippen molar-refractivity contribution in [2.45, 2.75) is 111 Å². The normalized spacial score (nSPS) is 15.2. The first kappa shape index (κ1) is 26.3. The quantitative estimate of drug-likeness (QED) is 0.488. The van der Waals surface area contributed by atoms with Crippen molar-refractivity contribution < 1.29 is 9.84 Å². The molecule has 0 atom stereocenters. The van der Waals surface area contributed by atoms with Crippen LogP contribution in [0.3, 0.4) is 0 Å². The lowest BCUT2D eigenvalue weighted by molar-refractivity contribution is 0.0483. The van der Waals surface area contributed by atoms with Gasteiger partial charge in [-0.2, -0.15) is 0 Å². The third-order valence-electron chi connectivity index (χ3n) is 6.07. The fourth-order valence-corrected chi connectivity index (χ4v) is 4.11. The molecular weight excluding hydrogens is 394 g/mol. The van der Waals surface area contributed by atoms with Gasteiger partial charge >= 0.3 is 0 Å². The lowest BCUT2D eigenvalue weighted by Gasteiger charge is -2.42. The number of hydrogen-bond acceptors (Lipinski definition) is 3. The third kappa shape index (κ3) is 5.49. The molecule has 3 rings (SSSR count). The molecule has 0 saturated heterocycles. The fraction of sp³-hybridized carbons (Fsp3) is 0.586. The van der Waals surface area contributed by atoms with Gasteiger partial charge in [0.15, 0.2) is 0 Å². The number of aromatic hydroxyl groups is 1. The molecule has 0 bridgehead atoms. The van der Waals surface area contributed by atoms with Crippen LogP contribution in [0.4, 0.5) is 0 Å². The Bertz CT molecular complexity index is 928. The molecule has 0 unspecified atom stereocenters. The van der Waals surface area contributed by atoms with Gasteiger partial charge in [0.1, 0.15) is 17.1 Å². The third-order valence-corrected chi connectivity index (χ3v) is 6.07. The standard InChI is InChI=1S/C15H24O.C14H21NO/c1-10-8-11(14(2,3)4)13(16)12(9-10)15(5,6)7;1-13(2,3)10-6-9(8-15)7-11-12(10)16-14(11,4)5/h8-9,16H,1-7H3;6-7H,8,15H2,1-5H3. The van der Waals surface area contributed by atoms with E-state index in [-0.39, 0.29) is 21.8 Å². The Hall–Kier alpha value is -2.00. The van der Waals surface area contributed by atoms with E-state index in [9.17, 15) is 5.11 Å². The van der Waals surface area contributed by atoms with Crippen LogP contribution in [0.25, 0.3) is 0 Å². The van der Waals surface area contributed by atoms with Gasteiger partial charge in [0, 0.05) is 17.7 Å². The molecule has 2 aromatic rings. The zero-order valence-corrected chi connectivity index (χ0v) is 22.4. The molecule has 1 aliphatic rings. The second-order valence-electron chi connectivity index (χ2n) is 12.8. The summed E-state index contributed by atoms with van der Waals surface area (Å²) in [4.78, 5) is 0. The monoisotopic (exact) mass is 439 g/mol. The second kappa shape index (κ2) is 8.41. The summed E-state index contributed by atoms with van der Waals surface area (Å²) >= 11 is 0. The molecule has 178 valence electrons. The number of rotatable bonds is 1. The molecule has 0 spiro atoms. The highest BCUT2D eigenvalue weighted by molar-refractivity contribution is 5.55. The van der Waals surface area contributed by atoms with Crippen molar-refractivity contribution >= 4 is 0 Å². The number of phenolic OH excluding ortho intramolecular Hbond substituents is 1. The van der Waals surface area contributed by atoms with Gasteiger partial charge in [0.05, 0.1) is 0 Å². The minimum absolute atomic E-state index is 0.0178. The summed E-state index contributed by atoms with van der Waals surface area (Å²) < 4.78 is 5.89. The Morgan fingerprint density at radius 3 is 1.56 bits per heavy atom. The average molecular weight is 440 g/mol. The first-order valence-electron chi connectivity index (χ1n) is 11.7. The van der Waals surface area contributed by atoms with Gasteiger partial charge in [-0.1, -0.05) is 86.1 Å². The molecule has 1 aliphatic heterocycles. The van der Waals surface area contributed by atoms with Crippen molar-refractivity contribution in [3.8, 4) is 11.5 Å². The van der Waals surface area contributed by atoms with Gasteiger partial charge in [-0.3, -0.25) is 0 Å². The highest BCUT2D eigenvalue weighted by Crippen LogP contribution is 2.49. The van der Waals surface area contributed by atoms with Gasteiger partial charge in [-0.25, -0.2) is 0 Å². The van der Waals surface area contributed by atoms with Crippen molar-refractivity contribution in [1.82, 2.24) is 0 Å². The molecule has 32 heavy (non-hydrogen) atoms. The lowest BCUT2D eigenvalue weighted by atomic mass is 9.78. The summed E-state index contributed by atoms with van der Waals surface area (Å²) in [5.74, 6) is 1.53. The van der Waals surface area contributed by atoms with E-state index in [4.69, 9.17) is 10.5 Å². The molecule has 0 aliphatic carbocycles. The zero-order chi connectivity index (χ0) is 24.9. The van der Waals surface area contributed by atoms with Crippen molar-refractivity contribution in [2.75, 3.05) is 0 Å². The molecule has 3 heteroatoms. The fourth-order valence-electron chi connectivity index (χ4n) is 4.11. The molecule has 1 heterocycles. The average Bonchev–Trinajstić information content (AvgIpc) is 2.60. The summed E-state index contributed by atoms with van der Waals surface area (Å²) in [7, 11) is 0. The SMILES string of the molecule is CC(C)(C)c1cc(CN)cc2c1OC2(C)C.Cc1cc(C(C)(C)C)c(O)c(C(C)(C)C)c1. The molecule has 0 aromatic heterocycles. The van der Waals surface area contributed by atoms with E-state index < -0.39 is 0 Å². The maximum atomic E-state index is 10.4. The minimum Gasteiger partial charge on any atom is -0.507 e. The molecule has 0 amide bonds. The number of hydrogen-bond donors (Lipinski definition) is 2. The summed E-state index contributed by atoms with van der Waals surface area (Å²) in [5, 5.41) is 10.4. The molecule has 3 nitrogen and oxygen atoms in total. The molecule has 2 aromatic carbocycles. The smallest absolute Gasteiger partial charge is 0.132 e. The molecule has 0 radical (unpaired) electrons. The predicted molar refractivity (Wildman–Crippen MR) is 137 cm³/mol. The summed E-state index contributed by atoms with van der Waals surface area (Å²) in [5.41, 5.74) is 12.7. The van der Waals surface area contributed by atoms with Crippen molar-refractivity contribution in [3.63, 3.8) is 0 Å². The summed E-state index contributed by atoms with van der Waals surface area (Å²) in [6.07, 6.45) is 0. The highest BCUT2D eigenvalue weighted by atomic mass is 16.5. The molecular formula is C29H45NO2. The summed E-state index contributed by atoms with van der Waals surface area (Å²) in [6.45, 7) is 26.3. The number of phenols is 1. The van der Waals surface area contributed by atoms with Gasteiger partial charge in [0.25, 0.3) is 0 Å². The van der Waals surface area contributed by atoms with Crippen molar-refractivity contribution in [3.05, 3.63) is 57.6 Å². The molecule has 0 saturated carbocycles. The molecule has 0 fully saturated rings. The van der Waals surface area contributed by atoms with Crippen molar-refractivity contribution in [2.24, 2.45) is 5.73 Å². The Labute approximate surface area is 196 Å². The zero-order valence-electron chi connectivity index (χ0n) is 22.4. The number of nitrogens with two attached hydrogens (primary N) is 1. The van der Waals surface area contributed by atoms with Gasteiger partial charge in [-0.05, 0) is 59.8 Å². The Balaban J connectivity index is 0.000000227. The van der Waals surface area contributed by atoms with E-state index >= 15 is 0 Å². The Morgan fingerprint density at radius 2 is 1.22 bits per heavy atom. The van der Waals surface area contributed by atoms with Crippen LogP contribution in [0.15, 0.2) is 24.3 Å². The second-order valence-corrected chi connectivity index (χ2v) is 12.8. The number of ether oxygens (including phenoxy) is 1. The number of benzene rings is 2. The predicted octanol–water partition coefficient (Wildman–Crippen LogP) is 7.37. The number of fused-ring (bicyclic) bond motifs is 1. The van der Waals surface area contributed by atoms with Crippen LogP contribution in [0.2, 0.25) is 0 Å². The number of aryl methyl sites for hydroxylation is 1. The van der Waals surface area contributed by atoms with E-state index in [0.717, 1.165) is 16.9 Å². The minimum atomic E-state index is -0.152.